The van der Waals surface area contributed by atoms with E-state index >= 15 is 0 Å². The molecule has 0 aliphatic heterocycles. The first-order chi connectivity index (χ1) is 19.3. The van der Waals surface area contributed by atoms with Gasteiger partial charge in [-0.25, -0.2) is 9.97 Å². The highest BCUT2D eigenvalue weighted by atomic mass is 79.9. The number of methoxy groups -OCH3 is 2. The maximum atomic E-state index is 8.72. The number of aromatic nitrogens is 2. The van der Waals surface area contributed by atoms with Crippen LogP contribution in [0.5, 0.6) is 11.8 Å². The molecule has 6 rings (SSSR count). The number of nitrogen functional groups attached to an aromatic ring is 2. The molecule has 0 saturated heterocycles. The van der Waals surface area contributed by atoms with Crippen molar-refractivity contribution in [3.05, 3.63) is 87.7 Å². The molecule has 40 heavy (non-hydrogen) atoms. The molecule has 8 nitrogen and oxygen atoms in total. The summed E-state index contributed by atoms with van der Waals surface area (Å²) in [5.41, 5.74) is 21.8. The van der Waals surface area contributed by atoms with Gasteiger partial charge >= 0.3 is 7.12 Å². The highest BCUT2D eigenvalue weighted by molar-refractivity contribution is 9.10. The maximum absolute atomic E-state index is 8.72. The first kappa shape index (κ1) is 29.4. The molecular weight excluding hydrogens is 571 g/mol. The summed E-state index contributed by atoms with van der Waals surface area (Å²) in [5.74, 6) is 0.989. The second kappa shape index (κ2) is 13.7. The summed E-state index contributed by atoms with van der Waals surface area (Å²) in [4.78, 5) is 7.92. The Balaban J connectivity index is 0.000000146. The lowest BCUT2D eigenvalue weighted by molar-refractivity contribution is 0.396. The lowest BCUT2D eigenvalue weighted by Crippen LogP contribution is -2.29. The summed E-state index contributed by atoms with van der Waals surface area (Å²) in [6.07, 6.45) is 10.4. The van der Waals surface area contributed by atoms with E-state index in [1.54, 1.807) is 13.3 Å². The van der Waals surface area contributed by atoms with Crippen molar-refractivity contribution in [2.75, 3.05) is 25.7 Å². The number of hydrogen-bond donors (Lipinski definition) is 4. The third-order valence-corrected chi connectivity index (χ3v) is 7.68. The van der Waals surface area contributed by atoms with Gasteiger partial charge in [-0.1, -0.05) is 0 Å². The number of nitrogens with zero attached hydrogens (tertiary/aromatic N) is 2. The van der Waals surface area contributed by atoms with Gasteiger partial charge in [0.2, 0.25) is 11.8 Å². The van der Waals surface area contributed by atoms with Crippen LogP contribution in [0.1, 0.15) is 35.1 Å². The van der Waals surface area contributed by atoms with Gasteiger partial charge in [-0.05, 0) is 124 Å². The van der Waals surface area contributed by atoms with E-state index in [-0.39, 0.29) is 0 Å². The number of halogens is 1. The minimum atomic E-state index is -1.47. The molecule has 0 radical (unpaired) electrons. The molecule has 2 heterocycles. The number of nitrogens with two attached hydrogens (primary N) is 2. The molecule has 4 aromatic rings. The zero-order valence-corrected chi connectivity index (χ0v) is 24.3. The topological polar surface area (TPSA) is 137 Å². The summed E-state index contributed by atoms with van der Waals surface area (Å²) in [6, 6.07) is 15.4. The number of rotatable bonds is 4. The van der Waals surface area contributed by atoms with E-state index in [9.17, 15) is 0 Å². The maximum Gasteiger partial charge on any atom is 0.488 e. The van der Waals surface area contributed by atoms with Crippen LogP contribution in [-0.2, 0) is 25.7 Å². The van der Waals surface area contributed by atoms with Gasteiger partial charge in [-0.2, -0.15) is 0 Å². The summed E-state index contributed by atoms with van der Waals surface area (Å²) in [6.45, 7) is 0. The first-order valence-corrected chi connectivity index (χ1v) is 13.9. The molecule has 2 aromatic heterocycles. The predicted octanol–water partition coefficient (Wildman–Crippen LogP) is 4.12. The van der Waals surface area contributed by atoms with Crippen molar-refractivity contribution >= 4 is 39.9 Å². The third kappa shape index (κ3) is 7.32. The van der Waals surface area contributed by atoms with Crippen LogP contribution in [0.3, 0.4) is 0 Å². The van der Waals surface area contributed by atoms with Gasteiger partial charge in [-0.15, -0.1) is 0 Å². The lowest BCUT2D eigenvalue weighted by Gasteiger charge is -2.10. The van der Waals surface area contributed by atoms with Crippen molar-refractivity contribution in [2.45, 2.75) is 38.5 Å². The van der Waals surface area contributed by atoms with Crippen molar-refractivity contribution in [1.82, 2.24) is 9.97 Å². The van der Waals surface area contributed by atoms with Gasteiger partial charge in [0.15, 0.2) is 0 Å². The largest absolute Gasteiger partial charge is 0.488 e. The van der Waals surface area contributed by atoms with Crippen LogP contribution in [0.15, 0.2) is 65.4 Å². The normalized spacial score (nSPS) is 12.7. The third-order valence-electron chi connectivity index (χ3n) is 7.00. The number of hydrogen-bond acceptors (Lipinski definition) is 8. The highest BCUT2D eigenvalue weighted by Gasteiger charge is 2.15. The zero-order chi connectivity index (χ0) is 28.6. The van der Waals surface area contributed by atoms with E-state index < -0.39 is 7.12 Å². The molecule has 6 N–H and O–H groups in total. The molecule has 2 aliphatic carbocycles. The van der Waals surface area contributed by atoms with E-state index in [0.29, 0.717) is 17.2 Å². The van der Waals surface area contributed by atoms with Gasteiger partial charge in [0.25, 0.3) is 0 Å². The van der Waals surface area contributed by atoms with Crippen LogP contribution in [-0.4, -0.2) is 41.4 Å². The number of pyridine rings is 2. The number of ether oxygens (including phenoxy) is 2. The molecule has 0 fully saturated rings. The molecular formula is C30H34BBrN4O4. The smallest absolute Gasteiger partial charge is 0.481 e. The van der Waals surface area contributed by atoms with Gasteiger partial charge in [-0.3, -0.25) is 0 Å². The Labute approximate surface area is 243 Å². The second-order valence-corrected chi connectivity index (χ2v) is 10.5. The predicted molar refractivity (Wildman–Crippen MR) is 164 cm³/mol. The van der Waals surface area contributed by atoms with Gasteiger partial charge < -0.3 is 31.0 Å². The molecule has 0 unspecified atom stereocenters. The first-order valence-electron chi connectivity index (χ1n) is 13.1. The fraction of sp³-hybridized carbons (Fsp3) is 0.267. The molecule has 2 aliphatic rings. The van der Waals surface area contributed by atoms with Crippen LogP contribution in [0, 0.1) is 0 Å². The van der Waals surface area contributed by atoms with Crippen LogP contribution >= 0.6 is 15.9 Å². The van der Waals surface area contributed by atoms with E-state index in [1.807, 2.05) is 12.1 Å². The van der Waals surface area contributed by atoms with E-state index in [2.05, 4.69) is 50.2 Å². The van der Waals surface area contributed by atoms with Crippen molar-refractivity contribution < 1.29 is 19.5 Å². The second-order valence-electron chi connectivity index (χ2n) is 9.65. The molecule has 0 atom stereocenters. The monoisotopic (exact) mass is 604 g/mol. The molecule has 0 bridgehead atoms. The summed E-state index contributed by atoms with van der Waals surface area (Å²) >= 11 is 3.42. The molecule has 2 aromatic carbocycles. The Kier molecular flexibility index (Phi) is 10.0. The van der Waals surface area contributed by atoms with Crippen LogP contribution < -0.4 is 26.4 Å². The zero-order valence-electron chi connectivity index (χ0n) is 22.7. The van der Waals surface area contributed by atoms with Crippen LogP contribution in [0.4, 0.5) is 11.4 Å². The number of anilines is 2. The summed E-state index contributed by atoms with van der Waals surface area (Å²) in [7, 11) is 1.63. The quantitative estimate of drug-likeness (QED) is 0.202. The number of fused-ring (bicyclic) bond motifs is 2. The van der Waals surface area contributed by atoms with Gasteiger partial charge in [0, 0.05) is 45.9 Å². The minimum absolute atomic E-state index is 0.371. The van der Waals surface area contributed by atoms with Crippen molar-refractivity contribution in [3.63, 3.8) is 0 Å². The van der Waals surface area contributed by atoms with Crippen LogP contribution in [0.25, 0.3) is 11.1 Å². The highest BCUT2D eigenvalue weighted by Crippen LogP contribution is 2.34. The van der Waals surface area contributed by atoms with Crippen molar-refractivity contribution in [2.24, 2.45) is 0 Å². The summed E-state index contributed by atoms with van der Waals surface area (Å²) < 4.78 is 11.0. The Morgan fingerprint density at radius 2 is 1.25 bits per heavy atom. The van der Waals surface area contributed by atoms with Crippen LogP contribution in [0.2, 0.25) is 0 Å². The average Bonchev–Trinajstić information content (AvgIpc) is 3.62. The van der Waals surface area contributed by atoms with Crippen molar-refractivity contribution in [1.29, 1.82) is 0 Å². The molecule has 0 saturated carbocycles. The Bertz CT molecular complexity index is 1440. The van der Waals surface area contributed by atoms with E-state index in [0.717, 1.165) is 39.8 Å². The molecule has 0 amide bonds. The SMILES string of the molecule is COc1cc(-c2cc3c(cc2N)CCC3)ccn1.COc1cc(B(O)O)ccn1.Nc1cc2c(cc1Br)CCC2. The fourth-order valence-corrected chi connectivity index (χ4v) is 5.28. The van der Waals surface area contributed by atoms with Gasteiger partial charge in [0.05, 0.1) is 14.2 Å². The number of aryl methyl sites for hydroxylation is 4. The van der Waals surface area contributed by atoms with Gasteiger partial charge in [0.1, 0.15) is 0 Å². The Morgan fingerprint density at radius 1 is 0.725 bits per heavy atom. The summed E-state index contributed by atoms with van der Waals surface area (Å²) in [5, 5.41) is 17.4. The number of benzene rings is 2. The van der Waals surface area contributed by atoms with Crippen molar-refractivity contribution in [3.8, 4) is 22.9 Å². The average molecular weight is 605 g/mol. The Hall–Kier alpha value is -3.60. The molecule has 0 spiro atoms. The lowest BCUT2D eigenvalue weighted by atomic mass is 9.81. The standard InChI is InChI=1S/C15H16N2O.C9H10BrN.C6H8BNO3/c1-18-15-9-12(5-6-17-15)13-7-10-3-2-4-11(10)8-14(13)16;10-8-4-6-2-1-3-7(6)5-9(8)11;1-11-6-4-5(7(9)10)2-3-8-6/h5-9H,2-4,16H2,1H3;4-5H,1-3,11H2;2-4,9-10H,1H3. The Morgan fingerprint density at radius 3 is 1.85 bits per heavy atom. The minimum Gasteiger partial charge on any atom is -0.481 e. The fourth-order valence-electron chi connectivity index (χ4n) is 4.89. The van der Waals surface area contributed by atoms with E-state index in [4.69, 9.17) is 31.0 Å². The molecule has 10 heteroatoms. The molecule has 208 valence electrons. The van der Waals surface area contributed by atoms with E-state index in [1.165, 1.54) is 73.4 Å².